The van der Waals surface area contributed by atoms with Crippen molar-refractivity contribution in [2.24, 2.45) is 5.73 Å². The van der Waals surface area contributed by atoms with Crippen molar-refractivity contribution in [1.29, 1.82) is 0 Å². The van der Waals surface area contributed by atoms with Gasteiger partial charge in [-0.3, -0.25) is 0 Å². The number of hydrogen-bond acceptors (Lipinski definition) is 1. The maximum atomic E-state index is 13.6. The van der Waals surface area contributed by atoms with Crippen LogP contribution in [-0.2, 0) is 0 Å². The summed E-state index contributed by atoms with van der Waals surface area (Å²) in [7, 11) is 0. The summed E-state index contributed by atoms with van der Waals surface area (Å²) in [4.78, 5) is 0. The van der Waals surface area contributed by atoms with Crippen LogP contribution in [0.15, 0.2) is 46.9 Å². The lowest BCUT2D eigenvalue weighted by molar-refractivity contribution is 0.599. The summed E-state index contributed by atoms with van der Waals surface area (Å²) >= 11 is 9.29. The molecule has 0 amide bonds. The second-order valence-corrected chi connectivity index (χ2v) is 4.93. The zero-order chi connectivity index (χ0) is 12.4. The van der Waals surface area contributed by atoms with Gasteiger partial charge in [-0.2, -0.15) is 0 Å². The van der Waals surface area contributed by atoms with E-state index >= 15 is 0 Å². The zero-order valence-electron chi connectivity index (χ0n) is 8.83. The molecule has 0 aliphatic rings. The smallest absolute Gasteiger partial charge is 0.128 e. The van der Waals surface area contributed by atoms with Gasteiger partial charge in [0.2, 0.25) is 0 Å². The molecule has 2 rings (SSSR count). The summed E-state index contributed by atoms with van der Waals surface area (Å²) in [6.07, 6.45) is 0. The molecule has 1 atom stereocenters. The lowest BCUT2D eigenvalue weighted by Gasteiger charge is -2.14. The Hall–Kier alpha value is -0.900. The first-order chi connectivity index (χ1) is 8.09. The Kier molecular flexibility index (Phi) is 3.82. The van der Waals surface area contributed by atoms with Crippen LogP contribution in [0.3, 0.4) is 0 Å². The van der Waals surface area contributed by atoms with Gasteiger partial charge < -0.3 is 5.73 Å². The highest BCUT2D eigenvalue weighted by Gasteiger charge is 2.13. The monoisotopic (exact) mass is 313 g/mol. The summed E-state index contributed by atoms with van der Waals surface area (Å²) in [5.41, 5.74) is 7.27. The summed E-state index contributed by atoms with van der Waals surface area (Å²) in [6.45, 7) is 0. The first kappa shape index (κ1) is 12.6. The third-order valence-electron chi connectivity index (χ3n) is 2.54. The van der Waals surface area contributed by atoms with Crippen molar-refractivity contribution in [3.05, 3.63) is 68.9 Å². The van der Waals surface area contributed by atoms with Crippen LogP contribution in [0, 0.1) is 5.82 Å². The standard InChI is InChI=1S/C13H10BrClFN/c14-10-6-5-8(7-11(10)15)13(17)9-3-1-2-4-12(9)16/h1-7,13H,17H2. The van der Waals surface area contributed by atoms with Crippen LogP contribution in [0.1, 0.15) is 17.2 Å². The van der Waals surface area contributed by atoms with Crippen LogP contribution in [0.4, 0.5) is 4.39 Å². The summed E-state index contributed by atoms with van der Waals surface area (Å²) in [5, 5.41) is 0.564. The minimum Gasteiger partial charge on any atom is -0.320 e. The number of hydrogen-bond donors (Lipinski definition) is 1. The molecule has 0 aromatic heterocycles. The average Bonchev–Trinajstić information content (AvgIpc) is 2.32. The Bertz CT molecular complexity index is 545. The topological polar surface area (TPSA) is 26.0 Å². The first-order valence-corrected chi connectivity index (χ1v) is 6.21. The SMILES string of the molecule is NC(c1ccc(Br)c(Cl)c1)c1ccccc1F. The van der Waals surface area contributed by atoms with Crippen LogP contribution >= 0.6 is 27.5 Å². The molecular formula is C13H10BrClFN. The fourth-order valence-electron chi connectivity index (χ4n) is 1.61. The van der Waals surface area contributed by atoms with E-state index in [2.05, 4.69) is 15.9 Å². The molecule has 0 saturated heterocycles. The van der Waals surface area contributed by atoms with Gasteiger partial charge in [-0.25, -0.2) is 4.39 Å². The maximum absolute atomic E-state index is 13.6. The lowest BCUT2D eigenvalue weighted by Crippen LogP contribution is -2.13. The third kappa shape index (κ3) is 2.68. The van der Waals surface area contributed by atoms with Crippen molar-refractivity contribution in [3.63, 3.8) is 0 Å². The van der Waals surface area contributed by atoms with Crippen molar-refractivity contribution < 1.29 is 4.39 Å². The highest BCUT2D eigenvalue weighted by Crippen LogP contribution is 2.28. The van der Waals surface area contributed by atoms with Gasteiger partial charge in [0.1, 0.15) is 5.82 Å². The van der Waals surface area contributed by atoms with E-state index in [9.17, 15) is 4.39 Å². The molecule has 17 heavy (non-hydrogen) atoms. The van der Waals surface area contributed by atoms with Crippen molar-refractivity contribution in [3.8, 4) is 0 Å². The quantitative estimate of drug-likeness (QED) is 0.879. The van der Waals surface area contributed by atoms with Crippen molar-refractivity contribution >= 4 is 27.5 Å². The molecule has 0 heterocycles. The molecule has 4 heteroatoms. The van der Waals surface area contributed by atoms with E-state index in [4.69, 9.17) is 17.3 Å². The van der Waals surface area contributed by atoms with E-state index < -0.39 is 6.04 Å². The van der Waals surface area contributed by atoms with Crippen LogP contribution < -0.4 is 5.73 Å². The van der Waals surface area contributed by atoms with E-state index in [1.807, 2.05) is 6.07 Å². The summed E-state index contributed by atoms with van der Waals surface area (Å²) in [5.74, 6) is -0.306. The minimum absolute atomic E-state index is 0.306. The third-order valence-corrected chi connectivity index (χ3v) is 3.78. The molecule has 2 N–H and O–H groups in total. The molecule has 0 fully saturated rings. The average molecular weight is 315 g/mol. The van der Waals surface area contributed by atoms with Gasteiger partial charge in [-0.1, -0.05) is 35.9 Å². The molecule has 0 spiro atoms. The zero-order valence-corrected chi connectivity index (χ0v) is 11.2. The lowest BCUT2D eigenvalue weighted by atomic mass is 9.99. The predicted octanol–water partition coefficient (Wildman–Crippen LogP) is 4.29. The van der Waals surface area contributed by atoms with Crippen LogP contribution in [-0.4, -0.2) is 0 Å². The Labute approximate surface area is 113 Å². The molecule has 0 radical (unpaired) electrons. The number of rotatable bonds is 2. The van der Waals surface area contributed by atoms with Gasteiger partial charge in [0.05, 0.1) is 11.1 Å². The van der Waals surface area contributed by atoms with E-state index in [0.717, 1.165) is 10.0 Å². The Morgan fingerprint density at radius 1 is 1.18 bits per heavy atom. The van der Waals surface area contributed by atoms with Crippen molar-refractivity contribution in [2.75, 3.05) is 0 Å². The van der Waals surface area contributed by atoms with Gasteiger partial charge in [-0.15, -0.1) is 0 Å². The molecule has 1 nitrogen and oxygen atoms in total. The summed E-state index contributed by atoms with van der Waals surface area (Å²) in [6, 6.07) is 11.3. The van der Waals surface area contributed by atoms with E-state index in [1.54, 1.807) is 30.3 Å². The van der Waals surface area contributed by atoms with E-state index in [-0.39, 0.29) is 5.82 Å². The molecule has 1 unspecified atom stereocenters. The van der Waals surface area contributed by atoms with Gasteiger partial charge >= 0.3 is 0 Å². The maximum Gasteiger partial charge on any atom is 0.128 e. The molecule has 0 aliphatic heterocycles. The minimum atomic E-state index is -0.512. The second kappa shape index (κ2) is 5.17. The molecule has 88 valence electrons. The number of benzene rings is 2. The molecule has 0 saturated carbocycles. The van der Waals surface area contributed by atoms with Crippen LogP contribution in [0.5, 0.6) is 0 Å². The molecule has 0 aliphatic carbocycles. The molecule has 2 aromatic rings. The fraction of sp³-hybridized carbons (Fsp3) is 0.0769. The van der Waals surface area contributed by atoms with Gasteiger partial charge in [0.25, 0.3) is 0 Å². The Balaban J connectivity index is 2.40. The molecular weight excluding hydrogens is 305 g/mol. The van der Waals surface area contributed by atoms with Crippen LogP contribution in [0.25, 0.3) is 0 Å². The molecule has 2 aromatic carbocycles. The van der Waals surface area contributed by atoms with Crippen molar-refractivity contribution in [2.45, 2.75) is 6.04 Å². The highest BCUT2D eigenvalue weighted by atomic mass is 79.9. The Morgan fingerprint density at radius 3 is 2.53 bits per heavy atom. The fourth-order valence-corrected chi connectivity index (χ4v) is 2.05. The predicted molar refractivity (Wildman–Crippen MR) is 71.6 cm³/mol. The van der Waals surface area contributed by atoms with Crippen LogP contribution in [0.2, 0.25) is 5.02 Å². The van der Waals surface area contributed by atoms with Crippen molar-refractivity contribution in [1.82, 2.24) is 0 Å². The molecule has 0 bridgehead atoms. The summed E-state index contributed by atoms with van der Waals surface area (Å²) < 4.78 is 14.4. The highest BCUT2D eigenvalue weighted by molar-refractivity contribution is 9.10. The second-order valence-electron chi connectivity index (χ2n) is 3.67. The first-order valence-electron chi connectivity index (χ1n) is 5.04. The number of nitrogens with two attached hydrogens (primary N) is 1. The normalized spacial score (nSPS) is 12.5. The largest absolute Gasteiger partial charge is 0.320 e. The Morgan fingerprint density at radius 2 is 1.88 bits per heavy atom. The van der Waals surface area contributed by atoms with E-state index in [1.165, 1.54) is 6.07 Å². The van der Waals surface area contributed by atoms with Gasteiger partial charge in [0, 0.05) is 10.0 Å². The van der Waals surface area contributed by atoms with Gasteiger partial charge in [-0.05, 0) is 39.7 Å². The van der Waals surface area contributed by atoms with E-state index in [0.29, 0.717) is 10.6 Å². The number of halogens is 3. The van der Waals surface area contributed by atoms with Gasteiger partial charge in [0.15, 0.2) is 0 Å².